The quantitative estimate of drug-likeness (QED) is 0.0836. The highest BCUT2D eigenvalue weighted by molar-refractivity contribution is 6.74. The van der Waals surface area contributed by atoms with Gasteiger partial charge in [-0.3, -0.25) is 0 Å². The average molecular weight is 685 g/mol. The van der Waals surface area contributed by atoms with Gasteiger partial charge in [-0.05, 0) is 75.5 Å². The Balaban J connectivity index is 2.28. The molecule has 0 aromatic heterocycles. The minimum absolute atomic E-state index is 0.0173. The van der Waals surface area contributed by atoms with Gasteiger partial charge in [0.05, 0.1) is 24.4 Å². The van der Waals surface area contributed by atoms with Gasteiger partial charge in [0.15, 0.2) is 16.6 Å². The van der Waals surface area contributed by atoms with Gasteiger partial charge in [0.2, 0.25) is 0 Å². The Morgan fingerprint density at radius 1 is 1.04 bits per heavy atom. The lowest BCUT2D eigenvalue weighted by Crippen LogP contribution is -2.55. The summed E-state index contributed by atoms with van der Waals surface area (Å²) in [7, 11) is -4.09. The van der Waals surface area contributed by atoms with Crippen molar-refractivity contribution >= 4 is 22.6 Å². The van der Waals surface area contributed by atoms with E-state index in [2.05, 4.69) is 145 Å². The number of cyclic esters (lactones) is 1. The number of rotatable bonds is 13. The zero-order valence-electron chi connectivity index (χ0n) is 32.5. The predicted octanol–water partition coefficient (Wildman–Crippen LogP) is 11.0. The summed E-state index contributed by atoms with van der Waals surface area (Å²) in [6.07, 6.45) is 22.8. The van der Waals surface area contributed by atoms with Crippen molar-refractivity contribution < 1.29 is 23.1 Å². The largest absolute Gasteiger partial charge is 0.455 e. The summed E-state index contributed by atoms with van der Waals surface area (Å²) in [5, 5.41) is 0.217. The van der Waals surface area contributed by atoms with Crippen molar-refractivity contribution in [1.29, 1.82) is 0 Å². The van der Waals surface area contributed by atoms with Gasteiger partial charge in [-0.1, -0.05) is 115 Å². The average Bonchev–Trinajstić information content (AvgIpc) is 2.92. The molecule has 0 radical (unpaired) electrons. The van der Waals surface area contributed by atoms with E-state index < -0.39 is 16.6 Å². The van der Waals surface area contributed by atoms with Crippen molar-refractivity contribution in [2.45, 2.75) is 162 Å². The molecule has 5 nitrogen and oxygen atoms in total. The van der Waals surface area contributed by atoms with E-state index >= 15 is 0 Å². The molecule has 0 N–H and O–H groups in total. The summed E-state index contributed by atoms with van der Waals surface area (Å²) in [6.45, 7) is 34.1. The van der Waals surface area contributed by atoms with Crippen molar-refractivity contribution in [3.8, 4) is 0 Å². The first-order valence-corrected chi connectivity index (χ1v) is 23.6. The monoisotopic (exact) mass is 684 g/mol. The number of allylic oxidation sites excluding steroid dienone is 7. The molecule has 0 unspecified atom stereocenters. The number of hydrogen-bond donors (Lipinski definition) is 0. The van der Waals surface area contributed by atoms with Crippen LogP contribution in [0.1, 0.15) is 95.4 Å². The maximum absolute atomic E-state index is 11.5. The third-order valence-corrected chi connectivity index (χ3v) is 19.5. The van der Waals surface area contributed by atoms with E-state index in [9.17, 15) is 4.79 Å². The molecule has 1 fully saturated rings. The lowest BCUT2D eigenvalue weighted by atomic mass is 9.88. The first-order chi connectivity index (χ1) is 21.6. The molecule has 0 aliphatic carbocycles. The number of hydrogen-bond acceptors (Lipinski definition) is 5. The highest BCUT2D eigenvalue weighted by atomic mass is 28.4. The zero-order valence-corrected chi connectivity index (χ0v) is 34.5. The minimum atomic E-state index is -2.10. The highest BCUT2D eigenvalue weighted by Gasteiger charge is 2.47. The zero-order chi connectivity index (χ0) is 35.8. The summed E-state index contributed by atoms with van der Waals surface area (Å²) in [5.74, 6) is 0.363. The van der Waals surface area contributed by atoms with E-state index in [1.54, 1.807) is 0 Å². The van der Waals surface area contributed by atoms with Crippen molar-refractivity contribution in [3.63, 3.8) is 0 Å². The smallest absolute Gasteiger partial charge is 0.331 e. The molecule has 47 heavy (non-hydrogen) atoms. The van der Waals surface area contributed by atoms with Crippen molar-refractivity contribution in [1.82, 2.24) is 0 Å². The molecule has 2 heterocycles. The minimum Gasteiger partial charge on any atom is -0.455 e. The Morgan fingerprint density at radius 2 is 1.68 bits per heavy atom. The maximum Gasteiger partial charge on any atom is 0.331 e. The van der Waals surface area contributed by atoms with Crippen LogP contribution in [0.4, 0.5) is 0 Å². The molecule has 266 valence electrons. The number of carbonyl (C=O) groups is 1. The molecule has 0 aromatic rings. The fourth-order valence-electron chi connectivity index (χ4n) is 5.51. The lowest BCUT2D eigenvalue weighted by molar-refractivity contribution is -0.141. The Labute approximate surface area is 290 Å². The first kappa shape index (κ1) is 41.4. The van der Waals surface area contributed by atoms with Gasteiger partial charge in [0.1, 0.15) is 6.10 Å². The highest BCUT2D eigenvalue weighted by Crippen LogP contribution is 2.43. The second kappa shape index (κ2) is 17.2. The molecule has 0 saturated carbocycles. The Hall–Kier alpha value is -1.78. The van der Waals surface area contributed by atoms with Gasteiger partial charge in [0.25, 0.3) is 0 Å². The maximum atomic E-state index is 11.5. The fourth-order valence-corrected chi connectivity index (χ4v) is 8.19. The van der Waals surface area contributed by atoms with E-state index in [0.717, 1.165) is 19.3 Å². The molecular weight excluding hydrogens is 617 g/mol. The predicted molar refractivity (Wildman–Crippen MR) is 205 cm³/mol. The van der Waals surface area contributed by atoms with Gasteiger partial charge >= 0.3 is 5.97 Å². The SMILES string of the molecule is C/C=C/[C@@H]1O[C@H]([C@@H](/C=C/C=C(\C)C[C@@H](C)/C=C(C)\C=C\[C@H]2CC=CC(=O)O2)O[Si](C)(C)C(C)(C)C)C[C@@H](O[Si](C)(C)C(C)(C)C)[C@@H]1C. The summed E-state index contributed by atoms with van der Waals surface area (Å²) in [4.78, 5) is 11.5. The number of carbonyl (C=O) groups excluding carboxylic acids is 1. The number of esters is 1. The van der Waals surface area contributed by atoms with Crippen LogP contribution in [0, 0.1) is 11.8 Å². The Morgan fingerprint density at radius 3 is 2.26 bits per heavy atom. The van der Waals surface area contributed by atoms with E-state index in [-0.39, 0.29) is 52.5 Å². The summed E-state index contributed by atoms with van der Waals surface area (Å²) in [5.41, 5.74) is 2.48. The summed E-state index contributed by atoms with van der Waals surface area (Å²) in [6, 6.07) is 0. The molecule has 1 saturated heterocycles. The van der Waals surface area contributed by atoms with E-state index in [0.29, 0.717) is 5.92 Å². The number of ether oxygens (including phenoxy) is 2. The molecular formula is C40H68O5Si2. The third kappa shape index (κ3) is 12.9. The van der Waals surface area contributed by atoms with Crippen LogP contribution < -0.4 is 0 Å². The van der Waals surface area contributed by atoms with Crippen LogP contribution in [0.3, 0.4) is 0 Å². The standard InChI is InChI=1S/C40H68O5Si2/c1-16-19-34-32(5)36(45-47(14,15)40(9,10)11)28-37(43-34)35(44-46(12,13)39(6,7)8)22-17-20-29(2)26-31(4)27-30(3)24-25-33-21-18-23-38(41)42-33/h16-20,22-25,27,31-37H,21,26,28H2,1-15H3/b19-16+,22-17+,25-24+,29-20+,30-27-/t31-,32-,33-,34+,35-,36-,37+/m1/s1. The first-order valence-electron chi connectivity index (χ1n) is 17.8. The van der Waals surface area contributed by atoms with Gasteiger partial charge < -0.3 is 18.3 Å². The summed E-state index contributed by atoms with van der Waals surface area (Å²) >= 11 is 0. The molecule has 7 atom stereocenters. The lowest BCUT2D eigenvalue weighted by Gasteiger charge is -2.48. The Bertz CT molecular complexity index is 1210. The molecule has 0 spiro atoms. The second-order valence-corrected chi connectivity index (χ2v) is 26.5. The van der Waals surface area contributed by atoms with E-state index in [1.807, 2.05) is 12.2 Å². The van der Waals surface area contributed by atoms with Crippen molar-refractivity contribution in [2.24, 2.45) is 11.8 Å². The van der Waals surface area contributed by atoms with Crippen LogP contribution in [-0.4, -0.2) is 53.1 Å². The van der Waals surface area contributed by atoms with Crippen LogP contribution in [0.15, 0.2) is 71.9 Å². The third-order valence-electron chi connectivity index (χ3n) is 10.5. The van der Waals surface area contributed by atoms with Crippen LogP contribution in [-0.2, 0) is 23.1 Å². The van der Waals surface area contributed by atoms with Gasteiger partial charge in [-0.2, -0.15) is 0 Å². The molecule has 2 aliphatic heterocycles. The molecule has 2 aliphatic rings. The van der Waals surface area contributed by atoms with Gasteiger partial charge in [0, 0.05) is 24.8 Å². The van der Waals surface area contributed by atoms with E-state index in [1.165, 1.54) is 17.2 Å². The van der Waals surface area contributed by atoms with Gasteiger partial charge in [-0.15, -0.1) is 0 Å². The fraction of sp³-hybridized carbons (Fsp3) is 0.675. The second-order valence-electron chi connectivity index (χ2n) is 17.0. The van der Waals surface area contributed by atoms with E-state index in [4.69, 9.17) is 18.3 Å². The molecule has 0 bridgehead atoms. The van der Waals surface area contributed by atoms with Crippen LogP contribution in [0.2, 0.25) is 36.3 Å². The molecule has 0 aromatic carbocycles. The van der Waals surface area contributed by atoms with Crippen LogP contribution >= 0.6 is 0 Å². The van der Waals surface area contributed by atoms with Crippen molar-refractivity contribution in [3.05, 3.63) is 71.9 Å². The van der Waals surface area contributed by atoms with Gasteiger partial charge in [-0.25, -0.2) is 4.79 Å². The molecule has 0 amide bonds. The molecule has 2 rings (SSSR count). The van der Waals surface area contributed by atoms with Crippen LogP contribution in [0.5, 0.6) is 0 Å². The van der Waals surface area contributed by atoms with Crippen LogP contribution in [0.25, 0.3) is 0 Å². The Kier molecular flexibility index (Phi) is 15.2. The molecule has 7 heteroatoms. The van der Waals surface area contributed by atoms with Crippen molar-refractivity contribution in [2.75, 3.05) is 0 Å². The topological polar surface area (TPSA) is 54.0 Å². The summed E-state index contributed by atoms with van der Waals surface area (Å²) < 4.78 is 26.4. The normalized spacial score (nSPS) is 27.2.